The molecular formula is C11H15ClFNO. The second-order valence-corrected chi connectivity index (χ2v) is 3.61. The first-order chi connectivity index (χ1) is 7.25. The fourth-order valence-electron chi connectivity index (χ4n) is 1.26. The molecule has 1 N–H and O–H groups in total. The Hall–Kier alpha value is -0.640. The Bertz CT molecular complexity index is 307. The SMILES string of the molecule is COCCNCCc1cccc(Cl)c1F. The van der Waals surface area contributed by atoms with Crippen LogP contribution in [0.4, 0.5) is 4.39 Å². The van der Waals surface area contributed by atoms with Gasteiger partial charge in [-0.25, -0.2) is 4.39 Å². The van der Waals surface area contributed by atoms with Crippen LogP contribution in [0, 0.1) is 5.82 Å². The largest absolute Gasteiger partial charge is 0.383 e. The molecule has 15 heavy (non-hydrogen) atoms. The van der Waals surface area contributed by atoms with Crippen LogP contribution in [0.3, 0.4) is 0 Å². The maximum Gasteiger partial charge on any atom is 0.145 e. The number of nitrogens with one attached hydrogen (secondary N) is 1. The Labute approximate surface area is 94.4 Å². The first kappa shape index (κ1) is 12.4. The zero-order chi connectivity index (χ0) is 11.1. The summed E-state index contributed by atoms with van der Waals surface area (Å²) in [6.07, 6.45) is 0.635. The standard InChI is InChI=1S/C11H15ClFNO/c1-15-8-7-14-6-5-9-3-2-4-10(12)11(9)13/h2-4,14H,5-8H2,1H3. The van der Waals surface area contributed by atoms with Gasteiger partial charge in [-0.15, -0.1) is 0 Å². The maximum absolute atomic E-state index is 13.4. The third-order valence-corrected chi connectivity index (χ3v) is 2.38. The number of methoxy groups -OCH3 is 1. The molecular weight excluding hydrogens is 217 g/mol. The Balaban J connectivity index is 2.34. The highest BCUT2D eigenvalue weighted by molar-refractivity contribution is 6.30. The molecule has 0 heterocycles. The Morgan fingerprint density at radius 1 is 1.40 bits per heavy atom. The van der Waals surface area contributed by atoms with E-state index in [2.05, 4.69) is 5.32 Å². The molecule has 0 aromatic heterocycles. The molecule has 0 radical (unpaired) electrons. The summed E-state index contributed by atoms with van der Waals surface area (Å²) in [6, 6.07) is 5.06. The minimum Gasteiger partial charge on any atom is -0.383 e. The van der Waals surface area contributed by atoms with E-state index in [9.17, 15) is 4.39 Å². The minimum absolute atomic E-state index is 0.185. The van der Waals surface area contributed by atoms with Gasteiger partial charge in [-0.05, 0) is 24.6 Å². The zero-order valence-electron chi connectivity index (χ0n) is 8.72. The molecule has 0 spiro atoms. The van der Waals surface area contributed by atoms with Crippen molar-refractivity contribution < 1.29 is 9.13 Å². The Morgan fingerprint density at radius 2 is 2.20 bits per heavy atom. The number of hydrogen-bond donors (Lipinski definition) is 1. The third-order valence-electron chi connectivity index (χ3n) is 2.09. The van der Waals surface area contributed by atoms with Gasteiger partial charge in [-0.3, -0.25) is 0 Å². The molecule has 1 rings (SSSR count). The molecule has 2 nitrogen and oxygen atoms in total. The van der Waals surface area contributed by atoms with Gasteiger partial charge in [0.25, 0.3) is 0 Å². The van der Waals surface area contributed by atoms with E-state index in [0.29, 0.717) is 18.6 Å². The molecule has 0 aliphatic rings. The van der Waals surface area contributed by atoms with E-state index in [1.807, 2.05) is 0 Å². The lowest BCUT2D eigenvalue weighted by Crippen LogP contribution is -2.22. The van der Waals surface area contributed by atoms with Crippen LogP contribution < -0.4 is 5.32 Å². The zero-order valence-corrected chi connectivity index (χ0v) is 9.48. The van der Waals surface area contributed by atoms with Crippen LogP contribution in [-0.2, 0) is 11.2 Å². The quantitative estimate of drug-likeness (QED) is 0.759. The van der Waals surface area contributed by atoms with Gasteiger partial charge < -0.3 is 10.1 Å². The van der Waals surface area contributed by atoms with Crippen LogP contribution in [0.25, 0.3) is 0 Å². The lowest BCUT2D eigenvalue weighted by Gasteiger charge is -2.05. The van der Waals surface area contributed by atoms with Crippen molar-refractivity contribution in [2.24, 2.45) is 0 Å². The van der Waals surface area contributed by atoms with E-state index in [4.69, 9.17) is 16.3 Å². The van der Waals surface area contributed by atoms with Gasteiger partial charge >= 0.3 is 0 Å². The van der Waals surface area contributed by atoms with Gasteiger partial charge in [0.1, 0.15) is 5.82 Å². The Kier molecular flexibility index (Phi) is 5.61. The van der Waals surface area contributed by atoms with Gasteiger partial charge in [0.15, 0.2) is 0 Å². The van der Waals surface area contributed by atoms with Crippen molar-refractivity contribution >= 4 is 11.6 Å². The molecule has 84 valence electrons. The minimum atomic E-state index is -0.312. The van der Waals surface area contributed by atoms with Crippen molar-refractivity contribution in [1.82, 2.24) is 5.32 Å². The summed E-state index contributed by atoms with van der Waals surface area (Å²) in [7, 11) is 1.65. The molecule has 0 unspecified atom stereocenters. The van der Waals surface area contributed by atoms with Crippen LogP contribution in [0.2, 0.25) is 5.02 Å². The molecule has 1 aromatic rings. The summed E-state index contributed by atoms with van der Waals surface area (Å²) >= 11 is 5.66. The summed E-state index contributed by atoms with van der Waals surface area (Å²) < 4.78 is 18.3. The highest BCUT2D eigenvalue weighted by Gasteiger charge is 2.04. The molecule has 0 fully saturated rings. The molecule has 0 aliphatic carbocycles. The van der Waals surface area contributed by atoms with Gasteiger partial charge in [0, 0.05) is 13.7 Å². The van der Waals surface area contributed by atoms with E-state index < -0.39 is 0 Å². The van der Waals surface area contributed by atoms with Gasteiger partial charge in [-0.2, -0.15) is 0 Å². The van der Waals surface area contributed by atoms with Crippen molar-refractivity contribution in [3.63, 3.8) is 0 Å². The van der Waals surface area contributed by atoms with E-state index in [-0.39, 0.29) is 10.8 Å². The summed E-state index contributed by atoms with van der Waals surface area (Å²) in [5.74, 6) is -0.312. The second-order valence-electron chi connectivity index (χ2n) is 3.21. The summed E-state index contributed by atoms with van der Waals surface area (Å²) in [6.45, 7) is 2.16. The van der Waals surface area contributed by atoms with Gasteiger partial charge in [0.2, 0.25) is 0 Å². The number of hydrogen-bond acceptors (Lipinski definition) is 2. The lowest BCUT2D eigenvalue weighted by atomic mass is 10.1. The van der Waals surface area contributed by atoms with Crippen LogP contribution in [0.1, 0.15) is 5.56 Å². The fourth-order valence-corrected chi connectivity index (χ4v) is 1.46. The average molecular weight is 232 g/mol. The smallest absolute Gasteiger partial charge is 0.145 e. The topological polar surface area (TPSA) is 21.3 Å². The lowest BCUT2D eigenvalue weighted by molar-refractivity contribution is 0.199. The number of halogens is 2. The predicted molar refractivity (Wildman–Crippen MR) is 59.9 cm³/mol. The molecule has 4 heteroatoms. The van der Waals surface area contributed by atoms with Crippen LogP contribution in [0.15, 0.2) is 18.2 Å². The molecule has 0 bridgehead atoms. The molecule has 0 saturated carbocycles. The maximum atomic E-state index is 13.4. The average Bonchev–Trinajstić information content (AvgIpc) is 2.24. The predicted octanol–water partition coefficient (Wildman–Crippen LogP) is 2.26. The summed E-state index contributed by atoms with van der Waals surface area (Å²) in [5, 5.41) is 3.33. The van der Waals surface area contributed by atoms with Crippen molar-refractivity contribution in [3.8, 4) is 0 Å². The summed E-state index contributed by atoms with van der Waals surface area (Å²) in [4.78, 5) is 0. The van der Waals surface area contributed by atoms with Crippen molar-refractivity contribution in [3.05, 3.63) is 34.6 Å². The summed E-state index contributed by atoms with van der Waals surface area (Å²) in [5.41, 5.74) is 0.646. The normalized spacial score (nSPS) is 10.6. The number of benzene rings is 1. The van der Waals surface area contributed by atoms with Crippen molar-refractivity contribution in [2.45, 2.75) is 6.42 Å². The van der Waals surface area contributed by atoms with E-state index in [1.54, 1.807) is 25.3 Å². The fraction of sp³-hybridized carbons (Fsp3) is 0.455. The van der Waals surface area contributed by atoms with Gasteiger partial charge in [0.05, 0.1) is 11.6 Å². The first-order valence-electron chi connectivity index (χ1n) is 4.88. The van der Waals surface area contributed by atoms with Crippen LogP contribution >= 0.6 is 11.6 Å². The van der Waals surface area contributed by atoms with E-state index in [1.165, 1.54) is 0 Å². The first-order valence-corrected chi connectivity index (χ1v) is 5.26. The third kappa shape index (κ3) is 4.16. The van der Waals surface area contributed by atoms with Crippen molar-refractivity contribution in [1.29, 1.82) is 0 Å². The molecule has 1 aromatic carbocycles. The molecule has 0 atom stereocenters. The van der Waals surface area contributed by atoms with E-state index in [0.717, 1.165) is 13.1 Å². The van der Waals surface area contributed by atoms with Crippen LogP contribution in [-0.4, -0.2) is 26.8 Å². The monoisotopic (exact) mass is 231 g/mol. The van der Waals surface area contributed by atoms with Crippen molar-refractivity contribution in [2.75, 3.05) is 26.8 Å². The second kappa shape index (κ2) is 6.77. The highest BCUT2D eigenvalue weighted by atomic mass is 35.5. The molecule has 0 saturated heterocycles. The van der Waals surface area contributed by atoms with Gasteiger partial charge in [-0.1, -0.05) is 23.7 Å². The number of ether oxygens (including phenoxy) is 1. The molecule has 0 aliphatic heterocycles. The number of rotatable bonds is 6. The molecule has 0 amide bonds. The Morgan fingerprint density at radius 3 is 2.93 bits per heavy atom. The highest BCUT2D eigenvalue weighted by Crippen LogP contribution is 2.17. The van der Waals surface area contributed by atoms with E-state index >= 15 is 0 Å². The van der Waals surface area contributed by atoms with Crippen LogP contribution in [0.5, 0.6) is 0 Å².